The molecule has 0 amide bonds. The Balaban J connectivity index is 0.000000245. The zero-order chi connectivity index (χ0) is 22.6. The van der Waals surface area contributed by atoms with Crippen LogP contribution in [0.5, 0.6) is 5.75 Å². The third kappa shape index (κ3) is 8.67. The number of benzene rings is 2. The Morgan fingerprint density at radius 1 is 1.00 bits per heavy atom. The summed E-state index contributed by atoms with van der Waals surface area (Å²) in [6.07, 6.45) is 2.35. The maximum atomic E-state index is 9.47. The van der Waals surface area contributed by atoms with E-state index in [0.29, 0.717) is 12.5 Å². The number of nitrogens with zero attached hydrogens (tertiary/aromatic N) is 2. The molecule has 3 N–H and O–H groups in total. The number of halogens is 1. The van der Waals surface area contributed by atoms with E-state index in [9.17, 15) is 5.11 Å². The van der Waals surface area contributed by atoms with Crippen molar-refractivity contribution in [2.24, 2.45) is 0 Å². The smallest absolute Gasteiger partial charge is 0.115 e. The van der Waals surface area contributed by atoms with Gasteiger partial charge in [0.25, 0.3) is 0 Å². The first-order valence-electron chi connectivity index (χ1n) is 10.3. The van der Waals surface area contributed by atoms with E-state index < -0.39 is 6.10 Å². The Bertz CT molecular complexity index is 889. The summed E-state index contributed by atoms with van der Waals surface area (Å²) in [5.74, 6) is 0.503. The molecule has 6 heteroatoms. The second kappa shape index (κ2) is 13.1. The average molecular weight is 442 g/mol. The molecule has 0 aliphatic carbocycles. The number of aromatic nitrogens is 1. The number of hydrogen-bond acceptors (Lipinski definition) is 5. The molecular weight excluding hydrogens is 410 g/mol. The highest BCUT2D eigenvalue weighted by Crippen LogP contribution is 2.27. The second-order valence-electron chi connectivity index (χ2n) is 7.62. The highest BCUT2D eigenvalue weighted by Gasteiger charge is 2.15. The van der Waals surface area contributed by atoms with E-state index in [1.807, 2.05) is 30.5 Å². The number of aliphatic hydroxyl groups excluding tert-OH is 1. The van der Waals surface area contributed by atoms with E-state index in [1.54, 1.807) is 31.3 Å². The molecule has 3 rings (SSSR count). The Morgan fingerprint density at radius 2 is 1.74 bits per heavy atom. The van der Waals surface area contributed by atoms with Crippen LogP contribution in [0.2, 0.25) is 5.02 Å². The molecule has 1 unspecified atom stereocenters. The Kier molecular flexibility index (Phi) is 10.5. The van der Waals surface area contributed by atoms with E-state index in [1.165, 1.54) is 5.56 Å². The van der Waals surface area contributed by atoms with Gasteiger partial charge in [0.15, 0.2) is 0 Å². The molecule has 166 valence electrons. The monoisotopic (exact) mass is 441 g/mol. The summed E-state index contributed by atoms with van der Waals surface area (Å²) in [6.45, 7) is 1.52. The molecule has 2 aromatic carbocycles. The molecule has 5 nitrogen and oxygen atoms in total. The normalized spacial score (nSPS) is 12.7. The van der Waals surface area contributed by atoms with Gasteiger partial charge in [0, 0.05) is 29.4 Å². The summed E-state index contributed by atoms with van der Waals surface area (Å²) in [5.41, 5.74) is 3.11. The number of likely N-dealkylation sites (N-methyl/N-ethyl adjacent to an activating group) is 1. The van der Waals surface area contributed by atoms with E-state index in [-0.39, 0.29) is 5.75 Å². The molecule has 2 atom stereocenters. The SMILES string of the molecule is CN(C)CCC(c1ccc(Cl)cc1)c1ccccn1.CNC[C@H](O)c1cccc(O)c1. The first-order chi connectivity index (χ1) is 14.9. The van der Waals surface area contributed by atoms with E-state index in [0.717, 1.165) is 29.2 Å². The van der Waals surface area contributed by atoms with Crippen molar-refractivity contribution in [3.05, 3.63) is 94.8 Å². The fraction of sp³-hybridized carbons (Fsp3) is 0.320. The summed E-state index contributed by atoms with van der Waals surface area (Å²) >= 11 is 5.97. The molecule has 0 aliphatic heterocycles. The van der Waals surface area contributed by atoms with Gasteiger partial charge in [-0.2, -0.15) is 0 Å². The van der Waals surface area contributed by atoms with Gasteiger partial charge in [0.05, 0.1) is 6.10 Å². The highest BCUT2D eigenvalue weighted by atomic mass is 35.5. The Hall–Kier alpha value is -2.44. The molecule has 1 heterocycles. The van der Waals surface area contributed by atoms with E-state index in [4.69, 9.17) is 16.7 Å². The minimum absolute atomic E-state index is 0.183. The third-order valence-corrected chi connectivity index (χ3v) is 5.09. The summed E-state index contributed by atoms with van der Waals surface area (Å²) < 4.78 is 0. The van der Waals surface area contributed by atoms with Crippen molar-refractivity contribution in [1.82, 2.24) is 15.2 Å². The molecule has 0 fully saturated rings. The maximum absolute atomic E-state index is 9.47. The zero-order valence-electron chi connectivity index (χ0n) is 18.4. The van der Waals surface area contributed by atoms with Gasteiger partial charge in [-0.3, -0.25) is 4.98 Å². The first-order valence-corrected chi connectivity index (χ1v) is 10.7. The van der Waals surface area contributed by atoms with Crippen LogP contribution in [0.3, 0.4) is 0 Å². The molecule has 31 heavy (non-hydrogen) atoms. The van der Waals surface area contributed by atoms with Gasteiger partial charge in [0.2, 0.25) is 0 Å². The standard InChI is InChI=1S/C16H19ClN2.C9H13NO2/c1-19(2)12-10-15(16-5-3-4-11-18-16)13-6-8-14(17)9-7-13;1-10-6-9(12)7-3-2-4-8(11)5-7/h3-9,11,15H,10,12H2,1-2H3;2-5,9-12H,6H2,1H3/t;9-/m.0/s1. The number of phenolic OH excluding ortho intramolecular Hbond substituents is 1. The number of phenols is 1. The van der Waals surface area contributed by atoms with Crippen molar-refractivity contribution in [2.75, 3.05) is 34.2 Å². The Labute approximate surface area is 190 Å². The number of pyridine rings is 1. The largest absolute Gasteiger partial charge is 0.508 e. The lowest BCUT2D eigenvalue weighted by Gasteiger charge is -2.19. The lowest BCUT2D eigenvalue weighted by molar-refractivity contribution is 0.177. The van der Waals surface area contributed by atoms with Gasteiger partial charge >= 0.3 is 0 Å². The minimum Gasteiger partial charge on any atom is -0.508 e. The van der Waals surface area contributed by atoms with Crippen LogP contribution >= 0.6 is 11.6 Å². The summed E-state index contributed by atoms with van der Waals surface area (Å²) in [6, 6.07) is 20.8. The number of hydrogen-bond donors (Lipinski definition) is 3. The van der Waals surface area contributed by atoms with Crippen LogP contribution in [-0.4, -0.2) is 54.3 Å². The molecule has 1 aromatic heterocycles. The van der Waals surface area contributed by atoms with Crippen LogP contribution in [0.15, 0.2) is 72.9 Å². The number of nitrogens with one attached hydrogen (secondary N) is 1. The molecule has 0 aliphatic rings. The van der Waals surface area contributed by atoms with Gasteiger partial charge in [-0.15, -0.1) is 0 Å². The number of aromatic hydroxyl groups is 1. The summed E-state index contributed by atoms with van der Waals surface area (Å²) in [7, 11) is 5.96. The van der Waals surface area contributed by atoms with Gasteiger partial charge in [-0.1, -0.05) is 41.9 Å². The van der Waals surface area contributed by atoms with E-state index in [2.05, 4.69) is 47.5 Å². The van der Waals surface area contributed by atoms with Crippen molar-refractivity contribution < 1.29 is 10.2 Å². The predicted octanol–water partition coefficient (Wildman–Crippen LogP) is 4.46. The van der Waals surface area contributed by atoms with Crippen molar-refractivity contribution >= 4 is 11.6 Å². The molecule has 3 aromatic rings. The zero-order valence-corrected chi connectivity index (χ0v) is 19.1. The molecular formula is C25H32ClN3O2. The Morgan fingerprint density at radius 3 is 2.32 bits per heavy atom. The van der Waals surface area contributed by atoms with Crippen LogP contribution in [0.4, 0.5) is 0 Å². The maximum Gasteiger partial charge on any atom is 0.115 e. The highest BCUT2D eigenvalue weighted by molar-refractivity contribution is 6.30. The van der Waals surface area contributed by atoms with Crippen molar-refractivity contribution in [1.29, 1.82) is 0 Å². The van der Waals surface area contributed by atoms with Crippen LogP contribution in [0.1, 0.15) is 35.3 Å². The van der Waals surface area contributed by atoms with Crippen LogP contribution in [-0.2, 0) is 0 Å². The number of rotatable bonds is 8. The minimum atomic E-state index is -0.554. The lowest BCUT2D eigenvalue weighted by Crippen LogP contribution is -2.17. The number of aliphatic hydroxyl groups is 1. The van der Waals surface area contributed by atoms with Crippen LogP contribution < -0.4 is 5.32 Å². The molecule has 0 radical (unpaired) electrons. The molecule has 0 spiro atoms. The molecule has 0 bridgehead atoms. The lowest BCUT2D eigenvalue weighted by atomic mass is 9.92. The van der Waals surface area contributed by atoms with Gasteiger partial charge in [-0.05, 0) is 81.6 Å². The van der Waals surface area contributed by atoms with Crippen molar-refractivity contribution in [2.45, 2.75) is 18.4 Å². The van der Waals surface area contributed by atoms with Gasteiger partial charge < -0.3 is 20.4 Å². The van der Waals surface area contributed by atoms with Gasteiger partial charge in [-0.25, -0.2) is 0 Å². The average Bonchev–Trinajstić information content (AvgIpc) is 2.76. The first kappa shape index (κ1) is 24.8. The van der Waals surface area contributed by atoms with Crippen LogP contribution in [0.25, 0.3) is 0 Å². The summed E-state index contributed by atoms with van der Waals surface area (Å²) in [5, 5.41) is 22.2. The fourth-order valence-corrected chi connectivity index (χ4v) is 3.32. The molecule has 0 saturated carbocycles. The van der Waals surface area contributed by atoms with Crippen LogP contribution in [0, 0.1) is 0 Å². The van der Waals surface area contributed by atoms with Gasteiger partial charge in [0.1, 0.15) is 5.75 Å². The second-order valence-corrected chi connectivity index (χ2v) is 8.06. The third-order valence-electron chi connectivity index (χ3n) is 4.83. The van der Waals surface area contributed by atoms with Crippen molar-refractivity contribution in [3.63, 3.8) is 0 Å². The quantitative estimate of drug-likeness (QED) is 0.481. The molecule has 0 saturated heterocycles. The van der Waals surface area contributed by atoms with Crippen molar-refractivity contribution in [3.8, 4) is 5.75 Å². The fourth-order valence-electron chi connectivity index (χ4n) is 3.19. The van der Waals surface area contributed by atoms with E-state index >= 15 is 0 Å². The summed E-state index contributed by atoms with van der Waals surface area (Å²) in [4.78, 5) is 6.70. The topological polar surface area (TPSA) is 68.6 Å². The predicted molar refractivity (Wildman–Crippen MR) is 128 cm³/mol.